The molecule has 0 aliphatic heterocycles. The normalized spacial score (nSPS) is 19.1. The van der Waals surface area contributed by atoms with Crippen molar-refractivity contribution in [1.82, 2.24) is 15.1 Å². The van der Waals surface area contributed by atoms with Crippen LogP contribution in [0.2, 0.25) is 0 Å². The Labute approximate surface area is 120 Å². The smallest absolute Gasteiger partial charge is 0.240 e. The number of aryl methyl sites for hydroxylation is 2. The minimum absolute atomic E-state index is 0.00157. The van der Waals surface area contributed by atoms with E-state index in [1.807, 2.05) is 25.6 Å². The van der Waals surface area contributed by atoms with Gasteiger partial charge in [-0.1, -0.05) is 12.8 Å². The molecule has 1 aliphatic carbocycles. The molecule has 1 amide bonds. The van der Waals surface area contributed by atoms with Crippen LogP contribution >= 0.6 is 0 Å². The number of aromatic nitrogens is 2. The fraction of sp³-hybridized carbons (Fsp3) is 0.733. The number of nitrogens with one attached hydrogen (secondary N) is 1. The number of rotatable bonds is 4. The van der Waals surface area contributed by atoms with Crippen LogP contribution in [0, 0.1) is 13.8 Å². The van der Waals surface area contributed by atoms with Crippen molar-refractivity contribution in [2.75, 3.05) is 0 Å². The third-order valence-corrected chi connectivity index (χ3v) is 4.49. The van der Waals surface area contributed by atoms with Crippen molar-refractivity contribution in [2.24, 2.45) is 12.8 Å². The Morgan fingerprint density at radius 3 is 2.55 bits per heavy atom. The van der Waals surface area contributed by atoms with E-state index in [9.17, 15) is 4.79 Å². The van der Waals surface area contributed by atoms with Crippen LogP contribution in [0.25, 0.3) is 0 Å². The van der Waals surface area contributed by atoms with E-state index in [0.29, 0.717) is 0 Å². The van der Waals surface area contributed by atoms with E-state index < -0.39 is 5.54 Å². The molecule has 2 rings (SSSR count). The summed E-state index contributed by atoms with van der Waals surface area (Å²) in [5.41, 5.74) is 8.95. The van der Waals surface area contributed by atoms with Gasteiger partial charge in [0.05, 0.1) is 11.2 Å². The summed E-state index contributed by atoms with van der Waals surface area (Å²) in [7, 11) is 1.95. The molecule has 1 saturated carbocycles. The Balaban J connectivity index is 1.98. The van der Waals surface area contributed by atoms with Gasteiger partial charge in [0.2, 0.25) is 5.91 Å². The van der Waals surface area contributed by atoms with E-state index in [2.05, 4.69) is 17.3 Å². The van der Waals surface area contributed by atoms with E-state index in [1.54, 1.807) is 0 Å². The molecule has 0 spiro atoms. The largest absolute Gasteiger partial charge is 0.352 e. The van der Waals surface area contributed by atoms with Crippen molar-refractivity contribution < 1.29 is 4.79 Å². The van der Waals surface area contributed by atoms with Crippen LogP contribution < -0.4 is 11.1 Å². The Morgan fingerprint density at radius 1 is 1.45 bits per heavy atom. The molecule has 1 aromatic rings. The number of hydrogen-bond acceptors (Lipinski definition) is 3. The lowest BCUT2D eigenvalue weighted by Crippen LogP contribution is -2.54. The Hall–Kier alpha value is -1.36. The SMILES string of the molecule is Cc1nn(C)c(C)c1CC(C)NC(=O)C1(N)CCCC1. The molecule has 1 fully saturated rings. The van der Waals surface area contributed by atoms with E-state index in [4.69, 9.17) is 5.73 Å². The lowest BCUT2D eigenvalue weighted by molar-refractivity contribution is -0.126. The number of nitrogens with zero attached hydrogens (tertiary/aromatic N) is 2. The second kappa shape index (κ2) is 5.56. The Bertz CT molecular complexity index is 500. The van der Waals surface area contributed by atoms with Crippen LogP contribution in [0.1, 0.15) is 49.6 Å². The van der Waals surface area contributed by atoms with Crippen molar-refractivity contribution in [3.63, 3.8) is 0 Å². The number of hydrogen-bond donors (Lipinski definition) is 2. The number of carbonyl (C=O) groups is 1. The highest BCUT2D eigenvalue weighted by molar-refractivity contribution is 5.86. The standard InChI is InChI=1S/C15H26N4O/c1-10(9-13-11(2)18-19(4)12(13)3)17-14(20)15(16)7-5-6-8-15/h10H,5-9,16H2,1-4H3,(H,17,20). The molecule has 1 atom stereocenters. The van der Waals surface area contributed by atoms with E-state index in [0.717, 1.165) is 43.5 Å². The monoisotopic (exact) mass is 278 g/mol. The lowest BCUT2D eigenvalue weighted by atomic mass is 9.97. The summed E-state index contributed by atoms with van der Waals surface area (Å²) in [6.45, 7) is 6.10. The van der Waals surface area contributed by atoms with Gasteiger partial charge in [0, 0.05) is 18.8 Å². The fourth-order valence-electron chi connectivity index (χ4n) is 3.07. The maximum absolute atomic E-state index is 12.3. The van der Waals surface area contributed by atoms with Crippen LogP contribution in [0.4, 0.5) is 0 Å². The van der Waals surface area contributed by atoms with Gasteiger partial charge in [-0.25, -0.2) is 0 Å². The van der Waals surface area contributed by atoms with Gasteiger partial charge in [-0.3, -0.25) is 9.48 Å². The summed E-state index contributed by atoms with van der Waals surface area (Å²) in [5, 5.41) is 7.49. The second-order valence-corrected chi connectivity index (χ2v) is 6.21. The molecule has 5 heteroatoms. The zero-order valence-electron chi connectivity index (χ0n) is 13.0. The van der Waals surface area contributed by atoms with E-state index in [-0.39, 0.29) is 11.9 Å². The predicted octanol–water partition coefficient (Wildman–Crippen LogP) is 1.36. The van der Waals surface area contributed by atoms with Gasteiger partial charge in [-0.2, -0.15) is 5.10 Å². The quantitative estimate of drug-likeness (QED) is 0.873. The molecule has 1 unspecified atom stereocenters. The molecular weight excluding hydrogens is 252 g/mol. The first-order valence-electron chi connectivity index (χ1n) is 7.42. The minimum Gasteiger partial charge on any atom is -0.352 e. The molecule has 1 heterocycles. The number of amides is 1. The second-order valence-electron chi connectivity index (χ2n) is 6.21. The summed E-state index contributed by atoms with van der Waals surface area (Å²) < 4.78 is 1.89. The molecule has 112 valence electrons. The van der Waals surface area contributed by atoms with Crippen LogP contribution in [0.15, 0.2) is 0 Å². The third-order valence-electron chi connectivity index (χ3n) is 4.49. The highest BCUT2D eigenvalue weighted by Gasteiger charge is 2.37. The lowest BCUT2D eigenvalue weighted by Gasteiger charge is -2.25. The molecular formula is C15H26N4O. The molecule has 1 aromatic heterocycles. The molecule has 0 bridgehead atoms. The summed E-state index contributed by atoms with van der Waals surface area (Å²) >= 11 is 0. The van der Waals surface area contributed by atoms with Crippen LogP contribution in [0.3, 0.4) is 0 Å². The first-order valence-corrected chi connectivity index (χ1v) is 7.42. The number of carbonyl (C=O) groups excluding carboxylic acids is 1. The maximum atomic E-state index is 12.3. The maximum Gasteiger partial charge on any atom is 0.240 e. The van der Waals surface area contributed by atoms with Crippen molar-refractivity contribution in [1.29, 1.82) is 0 Å². The van der Waals surface area contributed by atoms with Crippen molar-refractivity contribution in [3.8, 4) is 0 Å². The van der Waals surface area contributed by atoms with Crippen LogP contribution in [0.5, 0.6) is 0 Å². The summed E-state index contributed by atoms with van der Waals surface area (Å²) in [4.78, 5) is 12.3. The van der Waals surface area contributed by atoms with Gasteiger partial charge in [0.1, 0.15) is 0 Å². The topological polar surface area (TPSA) is 72.9 Å². The summed E-state index contributed by atoms with van der Waals surface area (Å²) in [6, 6.07) is 0.0742. The van der Waals surface area contributed by atoms with Gasteiger partial charge in [-0.05, 0) is 45.6 Å². The average Bonchev–Trinajstić information content (AvgIpc) is 2.91. The molecule has 3 N–H and O–H groups in total. The Morgan fingerprint density at radius 2 is 2.05 bits per heavy atom. The summed E-state index contributed by atoms with van der Waals surface area (Å²) in [5.74, 6) is 0.00157. The first-order chi connectivity index (χ1) is 9.33. The van der Waals surface area contributed by atoms with Crippen molar-refractivity contribution >= 4 is 5.91 Å². The zero-order chi connectivity index (χ0) is 14.9. The van der Waals surface area contributed by atoms with Gasteiger partial charge in [0.15, 0.2) is 0 Å². The molecule has 5 nitrogen and oxygen atoms in total. The average molecular weight is 278 g/mol. The first kappa shape index (κ1) is 15.0. The van der Waals surface area contributed by atoms with Crippen LogP contribution in [-0.2, 0) is 18.3 Å². The highest BCUT2D eigenvalue weighted by atomic mass is 16.2. The van der Waals surface area contributed by atoms with E-state index >= 15 is 0 Å². The van der Waals surface area contributed by atoms with Crippen molar-refractivity contribution in [3.05, 3.63) is 17.0 Å². The number of nitrogens with two attached hydrogens (primary N) is 1. The Kier molecular flexibility index (Phi) is 4.18. The molecule has 0 aromatic carbocycles. The van der Waals surface area contributed by atoms with Gasteiger partial charge in [0.25, 0.3) is 0 Å². The van der Waals surface area contributed by atoms with Gasteiger partial charge in [-0.15, -0.1) is 0 Å². The molecule has 0 radical (unpaired) electrons. The van der Waals surface area contributed by atoms with Gasteiger partial charge >= 0.3 is 0 Å². The van der Waals surface area contributed by atoms with Crippen molar-refractivity contribution in [2.45, 2.75) is 64.5 Å². The third kappa shape index (κ3) is 2.87. The minimum atomic E-state index is -0.646. The molecule has 1 aliphatic rings. The predicted molar refractivity (Wildman–Crippen MR) is 79.4 cm³/mol. The highest BCUT2D eigenvalue weighted by Crippen LogP contribution is 2.27. The summed E-state index contributed by atoms with van der Waals surface area (Å²) in [6.07, 6.45) is 4.51. The van der Waals surface area contributed by atoms with Crippen LogP contribution in [-0.4, -0.2) is 27.3 Å². The van der Waals surface area contributed by atoms with Gasteiger partial charge < -0.3 is 11.1 Å². The zero-order valence-corrected chi connectivity index (χ0v) is 13.0. The fourth-order valence-corrected chi connectivity index (χ4v) is 3.07. The molecule has 0 saturated heterocycles. The molecule has 20 heavy (non-hydrogen) atoms. The van der Waals surface area contributed by atoms with E-state index in [1.165, 1.54) is 5.56 Å².